The molecule has 4 N–H and O–H groups in total. The molecule has 0 heterocycles. The van der Waals surface area contributed by atoms with Crippen molar-refractivity contribution < 1.29 is 14.3 Å². The van der Waals surface area contributed by atoms with Crippen molar-refractivity contribution in [3.05, 3.63) is 29.8 Å². The summed E-state index contributed by atoms with van der Waals surface area (Å²) in [4.78, 5) is 23.8. The smallest absolute Gasteiger partial charge is 0.253 e. The second-order valence-corrected chi connectivity index (χ2v) is 5.54. The summed E-state index contributed by atoms with van der Waals surface area (Å²) in [7, 11) is 0. The van der Waals surface area contributed by atoms with E-state index in [1.165, 1.54) is 0 Å². The number of nitrogens with one attached hydrogen (secondary N) is 2. The summed E-state index contributed by atoms with van der Waals surface area (Å²) >= 11 is 0. The maximum Gasteiger partial charge on any atom is 0.253 e. The number of carbonyl (C=O) groups excluding carboxylic acids is 2. The summed E-state index contributed by atoms with van der Waals surface area (Å²) in [5.74, 6) is -0.572. The number of benzene rings is 1. The van der Waals surface area contributed by atoms with Crippen molar-refractivity contribution in [2.45, 2.75) is 26.4 Å². The third-order valence-electron chi connectivity index (χ3n) is 2.51. The molecule has 0 aliphatic rings. The van der Waals surface area contributed by atoms with Crippen molar-refractivity contribution in [1.82, 2.24) is 5.32 Å². The second-order valence-electron chi connectivity index (χ2n) is 5.54. The molecule has 0 saturated heterocycles. The molecule has 1 rings (SSSR count). The summed E-state index contributed by atoms with van der Waals surface area (Å²) in [6.07, 6.45) is 0. The van der Waals surface area contributed by atoms with Crippen LogP contribution in [-0.2, 0) is 9.53 Å². The number of carbonyl (C=O) groups is 2. The van der Waals surface area contributed by atoms with Crippen molar-refractivity contribution in [1.29, 1.82) is 0 Å². The molecule has 1 aromatic rings. The Bertz CT molecular complexity index is 495. The van der Waals surface area contributed by atoms with E-state index in [9.17, 15) is 9.59 Å². The minimum Gasteiger partial charge on any atom is -0.366 e. The highest BCUT2D eigenvalue weighted by Gasteiger charge is 2.15. The van der Waals surface area contributed by atoms with E-state index in [4.69, 9.17) is 10.5 Å². The van der Waals surface area contributed by atoms with Gasteiger partial charge < -0.3 is 21.1 Å². The average molecular weight is 293 g/mol. The molecule has 0 aliphatic heterocycles. The van der Waals surface area contributed by atoms with Crippen LogP contribution in [0.5, 0.6) is 0 Å². The number of rotatable bonds is 6. The van der Waals surface area contributed by atoms with E-state index in [0.717, 1.165) is 0 Å². The molecule has 0 aliphatic carbocycles. The first-order chi connectivity index (χ1) is 9.83. The van der Waals surface area contributed by atoms with Crippen LogP contribution in [0, 0.1) is 0 Å². The highest BCUT2D eigenvalue weighted by atomic mass is 16.5. The van der Waals surface area contributed by atoms with Crippen LogP contribution >= 0.6 is 0 Å². The van der Waals surface area contributed by atoms with Crippen LogP contribution in [0.3, 0.4) is 0 Å². The van der Waals surface area contributed by atoms with Crippen LogP contribution in [0.1, 0.15) is 31.1 Å². The van der Waals surface area contributed by atoms with Gasteiger partial charge in [-0.1, -0.05) is 12.1 Å². The third-order valence-corrected chi connectivity index (χ3v) is 2.51. The highest BCUT2D eigenvalue weighted by molar-refractivity contribution is 6.03. The normalized spacial score (nSPS) is 11.0. The molecule has 0 fully saturated rings. The molecule has 0 unspecified atom stereocenters. The van der Waals surface area contributed by atoms with Gasteiger partial charge in [0.15, 0.2) is 0 Å². The Hall–Kier alpha value is -1.92. The van der Waals surface area contributed by atoms with E-state index < -0.39 is 5.60 Å². The molecule has 116 valence electrons. The molecular weight excluding hydrogens is 270 g/mol. The standard InChI is InChI=1S/C15H23N3O3/c1-15(2,3)21-10-13(19)18-12-7-5-4-6-11(12)14(20)17-9-8-16/h4-7H,8-10,16H2,1-3H3,(H,17,20)(H,18,19). The quantitative estimate of drug-likeness (QED) is 0.733. The Labute approximate surface area is 125 Å². The number of ether oxygens (including phenoxy) is 1. The average Bonchev–Trinajstić information content (AvgIpc) is 2.42. The van der Waals surface area contributed by atoms with Gasteiger partial charge in [0.2, 0.25) is 5.91 Å². The number of amides is 2. The monoisotopic (exact) mass is 293 g/mol. The van der Waals surface area contributed by atoms with E-state index >= 15 is 0 Å². The summed E-state index contributed by atoms with van der Waals surface area (Å²) < 4.78 is 5.40. The SMILES string of the molecule is CC(C)(C)OCC(=O)Nc1ccccc1C(=O)NCCN. The first-order valence-electron chi connectivity index (χ1n) is 6.84. The van der Waals surface area contributed by atoms with Gasteiger partial charge >= 0.3 is 0 Å². The topological polar surface area (TPSA) is 93.4 Å². The molecular formula is C15H23N3O3. The predicted molar refractivity (Wildman–Crippen MR) is 82.2 cm³/mol. The molecule has 0 bridgehead atoms. The van der Waals surface area contributed by atoms with Gasteiger partial charge in [0.05, 0.1) is 16.9 Å². The van der Waals surface area contributed by atoms with Crippen molar-refractivity contribution in [3.63, 3.8) is 0 Å². The van der Waals surface area contributed by atoms with Crippen LogP contribution in [0.15, 0.2) is 24.3 Å². The maximum absolute atomic E-state index is 12.0. The number of hydrogen-bond acceptors (Lipinski definition) is 4. The zero-order valence-electron chi connectivity index (χ0n) is 12.7. The molecule has 0 spiro atoms. The fourth-order valence-corrected chi connectivity index (χ4v) is 1.54. The molecule has 2 amide bonds. The lowest BCUT2D eigenvalue weighted by atomic mass is 10.1. The maximum atomic E-state index is 12.0. The van der Waals surface area contributed by atoms with E-state index in [1.54, 1.807) is 24.3 Å². The van der Waals surface area contributed by atoms with Gasteiger partial charge in [-0.3, -0.25) is 9.59 Å². The fraction of sp³-hybridized carbons (Fsp3) is 0.467. The van der Waals surface area contributed by atoms with Crippen molar-refractivity contribution in [2.75, 3.05) is 25.0 Å². The molecule has 0 atom stereocenters. The largest absolute Gasteiger partial charge is 0.366 e. The van der Waals surface area contributed by atoms with Gasteiger partial charge in [0, 0.05) is 13.1 Å². The van der Waals surface area contributed by atoms with Crippen LogP contribution in [0.25, 0.3) is 0 Å². The summed E-state index contributed by atoms with van der Waals surface area (Å²) in [5, 5.41) is 5.36. The van der Waals surface area contributed by atoms with Crippen LogP contribution in [0.2, 0.25) is 0 Å². The van der Waals surface area contributed by atoms with Gasteiger partial charge in [-0.05, 0) is 32.9 Å². The molecule has 0 radical (unpaired) electrons. The van der Waals surface area contributed by atoms with Crippen molar-refractivity contribution in [3.8, 4) is 0 Å². The predicted octanol–water partition coefficient (Wildman–Crippen LogP) is 1.13. The Morgan fingerprint density at radius 3 is 2.52 bits per heavy atom. The van der Waals surface area contributed by atoms with E-state index in [1.807, 2.05) is 20.8 Å². The van der Waals surface area contributed by atoms with E-state index in [-0.39, 0.29) is 18.4 Å². The molecule has 6 nitrogen and oxygen atoms in total. The second kappa shape index (κ2) is 7.75. The summed E-state index contributed by atoms with van der Waals surface area (Å²) in [6, 6.07) is 6.80. The fourth-order valence-electron chi connectivity index (χ4n) is 1.54. The summed E-state index contributed by atoms with van der Waals surface area (Å²) in [5.41, 5.74) is 5.81. The molecule has 6 heteroatoms. The Morgan fingerprint density at radius 1 is 1.24 bits per heavy atom. The zero-order valence-corrected chi connectivity index (χ0v) is 12.7. The number of hydrogen-bond donors (Lipinski definition) is 3. The van der Waals surface area contributed by atoms with Gasteiger partial charge in [-0.25, -0.2) is 0 Å². The first-order valence-corrected chi connectivity index (χ1v) is 6.84. The Balaban J connectivity index is 2.70. The number of para-hydroxylation sites is 1. The molecule has 0 aromatic heterocycles. The van der Waals surface area contributed by atoms with Crippen LogP contribution in [-0.4, -0.2) is 37.1 Å². The third kappa shape index (κ3) is 6.37. The van der Waals surface area contributed by atoms with Gasteiger partial charge in [-0.15, -0.1) is 0 Å². The van der Waals surface area contributed by atoms with Gasteiger partial charge in [0.25, 0.3) is 5.91 Å². The van der Waals surface area contributed by atoms with Gasteiger partial charge in [0.1, 0.15) is 6.61 Å². The minimum atomic E-state index is -0.393. The zero-order chi connectivity index (χ0) is 15.9. The van der Waals surface area contributed by atoms with Crippen LogP contribution in [0.4, 0.5) is 5.69 Å². The molecule has 0 saturated carbocycles. The lowest BCUT2D eigenvalue weighted by Crippen LogP contribution is -2.31. The van der Waals surface area contributed by atoms with Gasteiger partial charge in [-0.2, -0.15) is 0 Å². The van der Waals surface area contributed by atoms with Crippen molar-refractivity contribution in [2.24, 2.45) is 5.73 Å². The first kappa shape index (κ1) is 17.1. The number of nitrogens with two attached hydrogens (primary N) is 1. The lowest BCUT2D eigenvalue weighted by Gasteiger charge is -2.19. The van der Waals surface area contributed by atoms with E-state index in [2.05, 4.69) is 10.6 Å². The van der Waals surface area contributed by atoms with Crippen molar-refractivity contribution >= 4 is 17.5 Å². The Morgan fingerprint density at radius 2 is 1.90 bits per heavy atom. The Kier molecular flexibility index (Phi) is 6.33. The minimum absolute atomic E-state index is 0.0672. The number of anilines is 1. The van der Waals surface area contributed by atoms with Crippen LogP contribution < -0.4 is 16.4 Å². The lowest BCUT2D eigenvalue weighted by molar-refractivity contribution is -0.125. The molecule has 21 heavy (non-hydrogen) atoms. The molecule has 1 aromatic carbocycles. The highest BCUT2D eigenvalue weighted by Crippen LogP contribution is 2.15. The van der Waals surface area contributed by atoms with E-state index in [0.29, 0.717) is 24.3 Å². The summed E-state index contributed by atoms with van der Waals surface area (Å²) in [6.45, 7) is 6.29.